The highest BCUT2D eigenvalue weighted by atomic mass is 16.4. The molecule has 1 fully saturated rings. The predicted octanol–water partition coefficient (Wildman–Crippen LogP) is 1.32. The molecule has 17 heavy (non-hydrogen) atoms. The van der Waals surface area contributed by atoms with E-state index >= 15 is 0 Å². The molecule has 0 bridgehead atoms. The van der Waals surface area contributed by atoms with Gasteiger partial charge in [0, 0.05) is 51.9 Å². The zero-order chi connectivity index (χ0) is 12.3. The fraction of sp³-hybridized carbons (Fsp3) is 0.692. The first kappa shape index (κ1) is 12.5. The maximum absolute atomic E-state index is 5.63. The van der Waals surface area contributed by atoms with Gasteiger partial charge < -0.3 is 14.6 Å². The van der Waals surface area contributed by atoms with Crippen LogP contribution in [-0.4, -0.2) is 50.7 Å². The van der Waals surface area contributed by atoms with E-state index in [0.29, 0.717) is 6.04 Å². The van der Waals surface area contributed by atoms with Gasteiger partial charge in [-0.3, -0.25) is 4.90 Å². The average Bonchev–Trinajstić information content (AvgIpc) is 2.77. The minimum Gasteiger partial charge on any atom is -0.446 e. The molecule has 1 N–H and O–H groups in total. The van der Waals surface area contributed by atoms with Gasteiger partial charge >= 0.3 is 0 Å². The van der Waals surface area contributed by atoms with Crippen molar-refractivity contribution in [3.8, 4) is 0 Å². The molecular formula is C13H23N3O. The molecule has 1 aliphatic heterocycles. The lowest BCUT2D eigenvalue weighted by Crippen LogP contribution is -2.50. The van der Waals surface area contributed by atoms with Crippen molar-refractivity contribution in [2.45, 2.75) is 19.9 Å². The largest absolute Gasteiger partial charge is 0.446 e. The third kappa shape index (κ3) is 3.23. The molecule has 2 rings (SSSR count). The summed E-state index contributed by atoms with van der Waals surface area (Å²) >= 11 is 0. The van der Waals surface area contributed by atoms with Crippen LogP contribution in [0, 0.1) is 6.92 Å². The average molecular weight is 237 g/mol. The Morgan fingerprint density at radius 2 is 2.12 bits per heavy atom. The zero-order valence-electron chi connectivity index (χ0n) is 11.1. The Labute approximate surface area is 104 Å². The molecule has 0 radical (unpaired) electrons. The van der Waals surface area contributed by atoms with Gasteiger partial charge in [0.25, 0.3) is 0 Å². The molecule has 0 aliphatic carbocycles. The molecule has 4 nitrogen and oxygen atoms in total. The summed E-state index contributed by atoms with van der Waals surface area (Å²) in [5.41, 5.74) is 0. The Hall–Kier alpha value is -1.00. The third-order valence-electron chi connectivity index (χ3n) is 3.42. The quantitative estimate of drug-likeness (QED) is 0.856. The van der Waals surface area contributed by atoms with E-state index in [2.05, 4.69) is 29.1 Å². The van der Waals surface area contributed by atoms with Crippen molar-refractivity contribution in [1.29, 1.82) is 0 Å². The van der Waals surface area contributed by atoms with Gasteiger partial charge in [0.2, 0.25) is 0 Å². The number of nitrogens with zero attached hydrogens (tertiary/aromatic N) is 2. The first-order valence-corrected chi connectivity index (χ1v) is 6.39. The number of rotatable bonds is 4. The summed E-state index contributed by atoms with van der Waals surface area (Å²) in [4.78, 5) is 4.72. The standard InChI is InChI=1S/C13H23N3O/c1-11(16-8-6-14-7-9-16)10-15(3)13-5-4-12(2)17-13/h4-5,11,14H,6-10H2,1-3H3. The minimum atomic E-state index is 0.563. The second kappa shape index (κ2) is 5.56. The Bertz CT molecular complexity index is 344. The van der Waals surface area contributed by atoms with Crippen molar-refractivity contribution in [1.82, 2.24) is 10.2 Å². The summed E-state index contributed by atoms with van der Waals surface area (Å²) in [5, 5.41) is 3.38. The molecule has 4 heteroatoms. The van der Waals surface area contributed by atoms with E-state index in [9.17, 15) is 0 Å². The van der Waals surface area contributed by atoms with Crippen molar-refractivity contribution in [2.24, 2.45) is 0 Å². The molecule has 0 aromatic carbocycles. The summed E-state index contributed by atoms with van der Waals surface area (Å²) in [6.45, 7) is 9.78. The van der Waals surface area contributed by atoms with Gasteiger partial charge in [-0.15, -0.1) is 0 Å². The van der Waals surface area contributed by atoms with Crippen LogP contribution < -0.4 is 10.2 Å². The van der Waals surface area contributed by atoms with Crippen LogP contribution in [0.4, 0.5) is 5.88 Å². The first-order chi connectivity index (χ1) is 8.16. The Morgan fingerprint density at radius 1 is 1.41 bits per heavy atom. The van der Waals surface area contributed by atoms with Crippen LogP contribution in [0.2, 0.25) is 0 Å². The third-order valence-corrected chi connectivity index (χ3v) is 3.42. The molecule has 1 unspecified atom stereocenters. The summed E-state index contributed by atoms with van der Waals surface area (Å²) < 4.78 is 5.63. The molecule has 1 saturated heterocycles. The van der Waals surface area contributed by atoms with Crippen molar-refractivity contribution in [3.05, 3.63) is 17.9 Å². The maximum atomic E-state index is 5.63. The Morgan fingerprint density at radius 3 is 2.71 bits per heavy atom. The number of hydrogen-bond donors (Lipinski definition) is 1. The molecule has 1 aromatic heterocycles. The number of hydrogen-bond acceptors (Lipinski definition) is 4. The van der Waals surface area contributed by atoms with Gasteiger partial charge in [0.1, 0.15) is 5.76 Å². The van der Waals surface area contributed by atoms with Crippen LogP contribution in [0.15, 0.2) is 16.5 Å². The molecular weight excluding hydrogens is 214 g/mol. The van der Waals surface area contributed by atoms with Crippen molar-refractivity contribution < 1.29 is 4.42 Å². The van der Waals surface area contributed by atoms with Gasteiger partial charge in [-0.1, -0.05) is 0 Å². The summed E-state index contributed by atoms with van der Waals surface area (Å²) in [6.07, 6.45) is 0. The summed E-state index contributed by atoms with van der Waals surface area (Å²) in [7, 11) is 2.09. The fourth-order valence-corrected chi connectivity index (χ4v) is 2.35. The topological polar surface area (TPSA) is 31.6 Å². The maximum Gasteiger partial charge on any atom is 0.195 e. The van der Waals surface area contributed by atoms with Gasteiger partial charge in [-0.25, -0.2) is 0 Å². The Kier molecular flexibility index (Phi) is 4.07. The lowest BCUT2D eigenvalue weighted by Gasteiger charge is -2.34. The van der Waals surface area contributed by atoms with E-state index in [-0.39, 0.29) is 0 Å². The van der Waals surface area contributed by atoms with Crippen LogP contribution in [0.3, 0.4) is 0 Å². The fourth-order valence-electron chi connectivity index (χ4n) is 2.35. The van der Waals surface area contributed by atoms with E-state index in [1.807, 2.05) is 19.1 Å². The number of nitrogens with one attached hydrogen (secondary N) is 1. The van der Waals surface area contributed by atoms with Gasteiger partial charge in [0.15, 0.2) is 5.88 Å². The smallest absolute Gasteiger partial charge is 0.195 e. The summed E-state index contributed by atoms with van der Waals surface area (Å²) in [6, 6.07) is 4.62. The zero-order valence-corrected chi connectivity index (χ0v) is 11.1. The predicted molar refractivity (Wildman–Crippen MR) is 70.6 cm³/mol. The number of furan rings is 1. The molecule has 0 amide bonds. The van der Waals surface area contributed by atoms with Crippen LogP contribution in [0.25, 0.3) is 0 Å². The summed E-state index contributed by atoms with van der Waals surface area (Å²) in [5.74, 6) is 1.94. The van der Waals surface area contributed by atoms with Gasteiger partial charge in [-0.2, -0.15) is 0 Å². The highest BCUT2D eigenvalue weighted by Gasteiger charge is 2.18. The molecule has 1 atom stereocenters. The van der Waals surface area contributed by atoms with E-state index in [1.165, 1.54) is 0 Å². The van der Waals surface area contributed by atoms with E-state index < -0.39 is 0 Å². The number of aryl methyl sites for hydroxylation is 1. The SMILES string of the molecule is Cc1ccc(N(C)CC(C)N2CCNCC2)o1. The monoisotopic (exact) mass is 237 g/mol. The molecule has 2 heterocycles. The molecule has 96 valence electrons. The highest BCUT2D eigenvalue weighted by molar-refractivity contribution is 5.35. The highest BCUT2D eigenvalue weighted by Crippen LogP contribution is 2.17. The number of piperazine rings is 1. The van der Waals surface area contributed by atoms with E-state index in [0.717, 1.165) is 44.4 Å². The van der Waals surface area contributed by atoms with E-state index in [4.69, 9.17) is 4.42 Å². The minimum absolute atomic E-state index is 0.563. The number of likely N-dealkylation sites (N-methyl/N-ethyl adjacent to an activating group) is 1. The molecule has 0 spiro atoms. The first-order valence-electron chi connectivity index (χ1n) is 6.39. The number of anilines is 1. The normalized spacial score (nSPS) is 19.2. The Balaban J connectivity index is 1.87. The molecule has 1 aliphatic rings. The molecule has 0 saturated carbocycles. The van der Waals surface area contributed by atoms with Crippen LogP contribution >= 0.6 is 0 Å². The lowest BCUT2D eigenvalue weighted by molar-refractivity contribution is 0.186. The lowest BCUT2D eigenvalue weighted by atomic mass is 10.2. The second-order valence-corrected chi connectivity index (χ2v) is 4.90. The van der Waals surface area contributed by atoms with Crippen molar-refractivity contribution >= 4 is 5.88 Å². The van der Waals surface area contributed by atoms with Crippen LogP contribution in [0.5, 0.6) is 0 Å². The van der Waals surface area contributed by atoms with Crippen LogP contribution in [-0.2, 0) is 0 Å². The van der Waals surface area contributed by atoms with Gasteiger partial charge in [0.05, 0.1) is 0 Å². The van der Waals surface area contributed by atoms with Crippen molar-refractivity contribution in [3.63, 3.8) is 0 Å². The second-order valence-electron chi connectivity index (χ2n) is 4.90. The molecule has 1 aromatic rings. The van der Waals surface area contributed by atoms with E-state index in [1.54, 1.807) is 0 Å². The van der Waals surface area contributed by atoms with Gasteiger partial charge in [-0.05, 0) is 19.9 Å². The van der Waals surface area contributed by atoms with Crippen molar-refractivity contribution in [2.75, 3.05) is 44.7 Å². The van der Waals surface area contributed by atoms with Crippen LogP contribution in [0.1, 0.15) is 12.7 Å².